The monoisotopic (exact) mass is 429 g/mol. The van der Waals surface area contributed by atoms with Gasteiger partial charge in [-0.15, -0.1) is 12.4 Å². The molecule has 1 atom stereocenters. The van der Waals surface area contributed by atoms with Crippen LogP contribution in [0.2, 0.25) is 5.02 Å². The maximum absolute atomic E-state index is 11.7. The summed E-state index contributed by atoms with van der Waals surface area (Å²) in [6, 6.07) is 4.29. The van der Waals surface area contributed by atoms with Crippen LogP contribution in [0.4, 0.5) is 0 Å². The van der Waals surface area contributed by atoms with Crippen molar-refractivity contribution in [1.29, 1.82) is 0 Å². The SMILES string of the molecule is CN(C)N=C1SCC(O)(c2ccc(Cl)c(S(N)(=O)=O)c2)N1N(C)C.Cl. The molecule has 3 N–H and O–H groups in total. The molecule has 2 rings (SSSR count). The Hall–Kier alpha value is -0.750. The van der Waals surface area contributed by atoms with E-state index in [1.807, 2.05) is 0 Å². The van der Waals surface area contributed by atoms with Crippen molar-refractivity contribution in [3.05, 3.63) is 28.8 Å². The van der Waals surface area contributed by atoms with Crippen LogP contribution in [0.1, 0.15) is 5.56 Å². The van der Waals surface area contributed by atoms with Crippen molar-refractivity contribution < 1.29 is 13.5 Å². The highest BCUT2D eigenvalue weighted by Crippen LogP contribution is 2.40. The first-order valence-electron chi connectivity index (χ1n) is 6.88. The third-order valence-corrected chi connectivity index (χ3v) is 5.77. The molecule has 0 amide bonds. The minimum Gasteiger partial charge on any atom is -0.365 e. The molecule has 1 aromatic rings. The van der Waals surface area contributed by atoms with Gasteiger partial charge in [-0.2, -0.15) is 5.10 Å². The fraction of sp³-hybridized carbons (Fsp3) is 0.462. The number of sulfonamides is 1. The van der Waals surface area contributed by atoms with Gasteiger partial charge in [-0.25, -0.2) is 23.6 Å². The van der Waals surface area contributed by atoms with E-state index in [1.165, 1.54) is 23.9 Å². The van der Waals surface area contributed by atoms with E-state index in [2.05, 4.69) is 5.10 Å². The summed E-state index contributed by atoms with van der Waals surface area (Å²) < 4.78 is 23.4. The zero-order valence-corrected chi connectivity index (χ0v) is 17.4. The largest absolute Gasteiger partial charge is 0.365 e. The first-order chi connectivity index (χ1) is 11.0. The lowest BCUT2D eigenvalue weighted by Crippen LogP contribution is -2.52. The summed E-state index contributed by atoms with van der Waals surface area (Å²) in [5.74, 6) is 0.267. The van der Waals surface area contributed by atoms with Crippen LogP contribution in [0, 0.1) is 0 Å². The molecule has 1 unspecified atom stereocenters. The van der Waals surface area contributed by atoms with Gasteiger partial charge in [0.15, 0.2) is 5.72 Å². The highest BCUT2D eigenvalue weighted by atomic mass is 35.5. The van der Waals surface area contributed by atoms with E-state index in [4.69, 9.17) is 16.7 Å². The van der Waals surface area contributed by atoms with Crippen molar-refractivity contribution >= 4 is 51.0 Å². The summed E-state index contributed by atoms with van der Waals surface area (Å²) in [6.45, 7) is 0. The van der Waals surface area contributed by atoms with Gasteiger partial charge in [-0.1, -0.05) is 29.4 Å². The lowest BCUT2D eigenvalue weighted by atomic mass is 10.0. The number of hydrazine groups is 1. The zero-order chi connectivity index (χ0) is 18.3. The molecule has 25 heavy (non-hydrogen) atoms. The molecule has 0 saturated carbocycles. The van der Waals surface area contributed by atoms with Gasteiger partial charge in [-0.05, 0) is 12.1 Å². The first-order valence-corrected chi connectivity index (χ1v) is 9.79. The highest BCUT2D eigenvalue weighted by Gasteiger charge is 2.47. The maximum atomic E-state index is 11.7. The van der Waals surface area contributed by atoms with Gasteiger partial charge in [-0.3, -0.25) is 0 Å². The first kappa shape index (κ1) is 22.3. The van der Waals surface area contributed by atoms with Gasteiger partial charge >= 0.3 is 0 Å². The number of rotatable bonds is 4. The fourth-order valence-corrected chi connectivity index (χ4v) is 4.71. The van der Waals surface area contributed by atoms with E-state index in [0.29, 0.717) is 10.7 Å². The molecule has 0 aliphatic carbocycles. The Labute approximate surface area is 163 Å². The second-order valence-electron chi connectivity index (χ2n) is 5.68. The average Bonchev–Trinajstić information content (AvgIpc) is 2.75. The highest BCUT2D eigenvalue weighted by molar-refractivity contribution is 8.14. The number of benzene rings is 1. The summed E-state index contributed by atoms with van der Waals surface area (Å²) in [4.78, 5) is -0.225. The van der Waals surface area contributed by atoms with E-state index in [1.54, 1.807) is 49.3 Å². The second-order valence-corrected chi connectivity index (χ2v) is 8.56. The number of aliphatic hydroxyl groups is 1. The number of nitrogens with zero attached hydrogens (tertiary/aromatic N) is 4. The Morgan fingerprint density at radius 1 is 1.36 bits per heavy atom. The average molecular weight is 430 g/mol. The van der Waals surface area contributed by atoms with Gasteiger partial charge in [0.1, 0.15) is 4.90 Å². The number of hydrogen-bond donors (Lipinski definition) is 2. The molecule has 12 heteroatoms. The molecule has 1 aromatic carbocycles. The third kappa shape index (κ3) is 4.51. The Bertz CT molecular complexity index is 773. The summed E-state index contributed by atoms with van der Waals surface area (Å²) in [5.41, 5.74) is -1.12. The number of nitrogens with two attached hydrogens (primary N) is 1. The number of amidine groups is 1. The van der Waals surface area contributed by atoms with Crippen molar-refractivity contribution in [1.82, 2.24) is 15.0 Å². The molecule has 142 valence electrons. The van der Waals surface area contributed by atoms with Crippen molar-refractivity contribution in [2.24, 2.45) is 10.2 Å². The number of hydrogen-bond acceptors (Lipinski definition) is 7. The van der Waals surface area contributed by atoms with Gasteiger partial charge in [0, 0.05) is 33.8 Å². The Morgan fingerprint density at radius 3 is 2.44 bits per heavy atom. The number of hydrazone groups is 1. The zero-order valence-electron chi connectivity index (χ0n) is 14.2. The topological polar surface area (TPSA) is 102 Å². The van der Waals surface area contributed by atoms with Crippen LogP contribution in [-0.4, -0.2) is 67.7 Å². The smallest absolute Gasteiger partial charge is 0.239 e. The maximum Gasteiger partial charge on any atom is 0.239 e. The summed E-state index contributed by atoms with van der Waals surface area (Å²) in [5, 5.41) is 26.3. The minimum atomic E-state index is -4.00. The molecule has 1 aliphatic heterocycles. The minimum absolute atomic E-state index is 0. The molecule has 0 aromatic heterocycles. The van der Waals surface area contributed by atoms with Crippen molar-refractivity contribution in [2.45, 2.75) is 10.6 Å². The molecule has 0 spiro atoms. The Kier molecular flexibility index (Phi) is 7.01. The summed E-state index contributed by atoms with van der Waals surface area (Å²) >= 11 is 7.28. The molecular formula is C13H21Cl2N5O3S2. The molecular weight excluding hydrogens is 409 g/mol. The van der Waals surface area contributed by atoms with Gasteiger partial charge in [0.05, 0.1) is 10.8 Å². The standard InChI is InChI=1S/C13H20ClN5O3S2.ClH/c1-17(2)16-12-19(18(3)4)13(20,8-23-12)9-5-6-10(14)11(7-9)24(15,21)22;/h5-7,20H,8H2,1-4H3,(H2,15,21,22);1H. The van der Waals surface area contributed by atoms with Crippen LogP contribution in [0.25, 0.3) is 0 Å². The predicted octanol–water partition coefficient (Wildman–Crippen LogP) is 0.912. The van der Waals surface area contributed by atoms with Crippen molar-refractivity contribution in [3.8, 4) is 0 Å². The number of primary sulfonamides is 1. The number of thioether (sulfide) groups is 1. The van der Waals surface area contributed by atoms with E-state index < -0.39 is 15.7 Å². The van der Waals surface area contributed by atoms with Crippen LogP contribution in [0.15, 0.2) is 28.2 Å². The molecule has 0 radical (unpaired) electrons. The van der Waals surface area contributed by atoms with Crippen molar-refractivity contribution in [3.63, 3.8) is 0 Å². The van der Waals surface area contributed by atoms with Crippen LogP contribution < -0.4 is 5.14 Å². The van der Waals surface area contributed by atoms with Gasteiger partial charge in [0.25, 0.3) is 0 Å². The van der Waals surface area contributed by atoms with E-state index >= 15 is 0 Å². The molecule has 1 fully saturated rings. The van der Waals surface area contributed by atoms with Crippen LogP contribution in [0.5, 0.6) is 0 Å². The Morgan fingerprint density at radius 2 is 1.96 bits per heavy atom. The van der Waals surface area contributed by atoms with Gasteiger partial charge in [0.2, 0.25) is 15.2 Å². The van der Waals surface area contributed by atoms with E-state index in [9.17, 15) is 13.5 Å². The molecule has 1 aliphatic rings. The molecule has 8 nitrogen and oxygen atoms in total. The fourth-order valence-electron chi connectivity index (χ4n) is 2.37. The second kappa shape index (κ2) is 7.87. The summed E-state index contributed by atoms with van der Waals surface area (Å²) in [6.07, 6.45) is 0. The molecule has 1 heterocycles. The quantitative estimate of drug-likeness (QED) is 0.685. The van der Waals surface area contributed by atoms with Gasteiger partial charge < -0.3 is 10.1 Å². The van der Waals surface area contributed by atoms with E-state index in [0.717, 1.165) is 0 Å². The Balaban J connectivity index is 0.00000312. The van der Waals surface area contributed by atoms with Crippen LogP contribution in [-0.2, 0) is 15.7 Å². The molecule has 1 saturated heterocycles. The molecule has 0 bridgehead atoms. The van der Waals surface area contributed by atoms with Crippen molar-refractivity contribution in [2.75, 3.05) is 33.9 Å². The van der Waals surface area contributed by atoms with E-state index in [-0.39, 0.29) is 28.1 Å². The third-order valence-electron chi connectivity index (χ3n) is 3.32. The lowest BCUT2D eigenvalue weighted by molar-refractivity contribution is -0.134. The lowest BCUT2D eigenvalue weighted by Gasteiger charge is -2.38. The van der Waals surface area contributed by atoms with Crippen LogP contribution >= 0.6 is 35.8 Å². The van der Waals surface area contributed by atoms with Crippen LogP contribution in [0.3, 0.4) is 0 Å². The normalized spacial score (nSPS) is 22.4. The number of halogens is 2. The summed E-state index contributed by atoms with van der Waals surface area (Å²) in [7, 11) is 3.08. The predicted molar refractivity (Wildman–Crippen MR) is 103 cm³/mol.